The van der Waals surface area contributed by atoms with Gasteiger partial charge in [-0.15, -0.1) is 11.3 Å². The van der Waals surface area contributed by atoms with E-state index in [1.54, 1.807) is 34.8 Å². The SMILES string of the molecule is O=[N+]([O-])c1c(Nc2nccs2)ncnc1N(Cc1ccccc1)c1ccccn1. The standard InChI is InChI=1S/C19H15N7O2S/c27-26(28)16-17(24-19-21-10-11-29-19)22-13-23-18(16)25(15-8-4-5-9-20-15)12-14-6-2-1-3-7-14/h1-11,13H,12H2,(H,21,22,23,24). The molecule has 1 N–H and O–H groups in total. The Hall–Kier alpha value is -3.92. The van der Waals surface area contributed by atoms with Gasteiger partial charge in [0.1, 0.15) is 12.1 Å². The fraction of sp³-hybridized carbons (Fsp3) is 0.0526. The van der Waals surface area contributed by atoms with Crippen molar-refractivity contribution in [3.05, 3.63) is 88.3 Å². The van der Waals surface area contributed by atoms with E-state index >= 15 is 0 Å². The Kier molecular flexibility index (Phi) is 5.34. The fourth-order valence-corrected chi connectivity index (χ4v) is 3.28. The summed E-state index contributed by atoms with van der Waals surface area (Å²) in [5, 5.41) is 17.2. The van der Waals surface area contributed by atoms with Gasteiger partial charge in [-0.1, -0.05) is 36.4 Å². The number of nitrogens with one attached hydrogen (secondary N) is 1. The summed E-state index contributed by atoms with van der Waals surface area (Å²) in [6.07, 6.45) is 4.53. The summed E-state index contributed by atoms with van der Waals surface area (Å²) >= 11 is 1.32. The molecule has 0 amide bonds. The van der Waals surface area contributed by atoms with Crippen LogP contribution in [0, 0.1) is 10.1 Å². The maximum absolute atomic E-state index is 12.0. The highest BCUT2D eigenvalue weighted by Gasteiger charge is 2.29. The van der Waals surface area contributed by atoms with Crippen molar-refractivity contribution in [1.29, 1.82) is 0 Å². The van der Waals surface area contributed by atoms with E-state index < -0.39 is 4.92 Å². The molecule has 0 radical (unpaired) electrons. The van der Waals surface area contributed by atoms with Crippen molar-refractivity contribution >= 4 is 39.6 Å². The van der Waals surface area contributed by atoms with Gasteiger partial charge in [-0.05, 0) is 17.7 Å². The number of pyridine rings is 1. The third-order valence-corrected chi connectivity index (χ3v) is 4.70. The molecule has 0 bridgehead atoms. The number of hydrogen-bond acceptors (Lipinski definition) is 9. The van der Waals surface area contributed by atoms with Crippen LogP contribution in [-0.2, 0) is 6.54 Å². The van der Waals surface area contributed by atoms with E-state index in [2.05, 4.69) is 25.3 Å². The first kappa shape index (κ1) is 18.4. The maximum Gasteiger partial charge on any atom is 0.354 e. The van der Waals surface area contributed by atoms with Gasteiger partial charge in [0, 0.05) is 17.8 Å². The van der Waals surface area contributed by atoms with Crippen molar-refractivity contribution < 1.29 is 4.92 Å². The lowest BCUT2D eigenvalue weighted by Gasteiger charge is -2.23. The molecular weight excluding hydrogens is 390 g/mol. The average Bonchev–Trinajstić information content (AvgIpc) is 3.26. The van der Waals surface area contributed by atoms with Crippen LogP contribution in [0.4, 0.5) is 28.3 Å². The molecule has 29 heavy (non-hydrogen) atoms. The van der Waals surface area contributed by atoms with Gasteiger partial charge < -0.3 is 10.2 Å². The number of anilines is 4. The molecule has 4 rings (SSSR count). The Balaban J connectivity index is 1.82. The molecule has 3 heterocycles. The second-order valence-corrected chi connectivity index (χ2v) is 6.77. The number of thiazole rings is 1. The number of nitro groups is 1. The Morgan fingerprint density at radius 1 is 1.00 bits per heavy atom. The first-order valence-electron chi connectivity index (χ1n) is 8.61. The van der Waals surface area contributed by atoms with Gasteiger partial charge in [-0.2, -0.15) is 0 Å². The van der Waals surface area contributed by atoms with Crippen molar-refractivity contribution in [3.8, 4) is 0 Å². The van der Waals surface area contributed by atoms with Gasteiger partial charge >= 0.3 is 5.69 Å². The molecule has 0 aliphatic rings. The highest BCUT2D eigenvalue weighted by molar-refractivity contribution is 7.13. The number of aromatic nitrogens is 4. The molecule has 0 saturated heterocycles. The first-order valence-corrected chi connectivity index (χ1v) is 9.49. The lowest BCUT2D eigenvalue weighted by molar-refractivity contribution is -0.383. The van der Waals surface area contributed by atoms with Crippen LogP contribution in [0.2, 0.25) is 0 Å². The average molecular weight is 405 g/mol. The lowest BCUT2D eigenvalue weighted by atomic mass is 10.2. The Labute approximate surface area is 169 Å². The van der Waals surface area contributed by atoms with Crippen molar-refractivity contribution in [2.24, 2.45) is 0 Å². The van der Waals surface area contributed by atoms with E-state index in [1.807, 2.05) is 36.4 Å². The van der Waals surface area contributed by atoms with Crippen LogP contribution >= 0.6 is 11.3 Å². The van der Waals surface area contributed by atoms with Gasteiger partial charge in [-0.25, -0.2) is 19.9 Å². The second kappa shape index (κ2) is 8.40. The molecule has 0 aliphatic heterocycles. The van der Waals surface area contributed by atoms with E-state index in [0.717, 1.165) is 5.56 Å². The summed E-state index contributed by atoms with van der Waals surface area (Å²) < 4.78 is 0. The molecule has 3 aromatic heterocycles. The molecule has 0 saturated carbocycles. The van der Waals surface area contributed by atoms with Crippen LogP contribution in [0.5, 0.6) is 0 Å². The predicted molar refractivity (Wildman–Crippen MR) is 111 cm³/mol. The second-order valence-electron chi connectivity index (χ2n) is 5.87. The van der Waals surface area contributed by atoms with Gasteiger partial charge in [0.25, 0.3) is 0 Å². The van der Waals surface area contributed by atoms with E-state index in [0.29, 0.717) is 17.5 Å². The normalized spacial score (nSPS) is 10.5. The Bertz CT molecular complexity index is 1090. The lowest BCUT2D eigenvalue weighted by Crippen LogP contribution is -2.21. The summed E-state index contributed by atoms with van der Waals surface area (Å²) in [7, 11) is 0. The third kappa shape index (κ3) is 4.17. The zero-order valence-corrected chi connectivity index (χ0v) is 15.9. The summed E-state index contributed by atoms with van der Waals surface area (Å²) in [6, 6.07) is 15.0. The smallest absolute Gasteiger partial charge is 0.310 e. The topological polar surface area (TPSA) is 110 Å². The Morgan fingerprint density at radius 3 is 2.52 bits per heavy atom. The van der Waals surface area contributed by atoms with E-state index in [4.69, 9.17) is 0 Å². The van der Waals surface area contributed by atoms with Crippen LogP contribution in [0.1, 0.15) is 5.56 Å². The molecule has 10 heteroatoms. The highest BCUT2D eigenvalue weighted by Crippen LogP contribution is 2.37. The van der Waals surface area contributed by atoms with Gasteiger partial charge in [0.2, 0.25) is 11.6 Å². The molecule has 4 aromatic rings. The van der Waals surface area contributed by atoms with Gasteiger partial charge in [-0.3, -0.25) is 10.1 Å². The summed E-state index contributed by atoms with van der Waals surface area (Å²) in [4.78, 5) is 30.0. The van der Waals surface area contributed by atoms with Crippen LogP contribution < -0.4 is 10.2 Å². The highest BCUT2D eigenvalue weighted by atomic mass is 32.1. The molecule has 0 atom stereocenters. The number of benzene rings is 1. The van der Waals surface area contributed by atoms with Gasteiger partial charge in [0.05, 0.1) is 11.5 Å². The molecule has 0 aliphatic carbocycles. The van der Waals surface area contributed by atoms with E-state index in [-0.39, 0.29) is 17.3 Å². The largest absolute Gasteiger partial charge is 0.354 e. The van der Waals surface area contributed by atoms with E-state index in [1.165, 1.54) is 17.7 Å². The van der Waals surface area contributed by atoms with Gasteiger partial charge in [0.15, 0.2) is 5.13 Å². The number of hydrogen-bond donors (Lipinski definition) is 1. The summed E-state index contributed by atoms with van der Waals surface area (Å²) in [6.45, 7) is 0.354. The molecular formula is C19H15N7O2S. The first-order chi connectivity index (χ1) is 14.2. The minimum absolute atomic E-state index is 0.0731. The van der Waals surface area contributed by atoms with Crippen molar-refractivity contribution in [1.82, 2.24) is 19.9 Å². The number of nitrogens with zero attached hydrogens (tertiary/aromatic N) is 6. The third-order valence-electron chi connectivity index (χ3n) is 4.01. The van der Waals surface area contributed by atoms with Crippen LogP contribution in [-0.4, -0.2) is 24.9 Å². The van der Waals surface area contributed by atoms with Crippen LogP contribution in [0.3, 0.4) is 0 Å². The Morgan fingerprint density at radius 2 is 1.83 bits per heavy atom. The van der Waals surface area contributed by atoms with Crippen molar-refractivity contribution in [2.75, 3.05) is 10.2 Å². The molecule has 1 aromatic carbocycles. The van der Waals surface area contributed by atoms with E-state index in [9.17, 15) is 10.1 Å². The predicted octanol–water partition coefficient (Wildman–Crippen LogP) is 4.32. The molecule has 144 valence electrons. The zero-order valence-electron chi connectivity index (χ0n) is 15.0. The summed E-state index contributed by atoms with van der Waals surface area (Å²) in [5.41, 5.74) is 0.713. The molecule has 9 nitrogen and oxygen atoms in total. The molecule has 0 fully saturated rings. The fourth-order valence-electron chi connectivity index (χ4n) is 2.76. The molecule has 0 unspecified atom stereocenters. The minimum Gasteiger partial charge on any atom is -0.310 e. The van der Waals surface area contributed by atoms with Crippen LogP contribution in [0.15, 0.2) is 72.6 Å². The number of rotatable bonds is 7. The monoisotopic (exact) mass is 405 g/mol. The summed E-state index contributed by atoms with van der Waals surface area (Å²) in [5.74, 6) is 0.758. The quantitative estimate of drug-likeness (QED) is 0.358. The zero-order chi connectivity index (χ0) is 20.1. The maximum atomic E-state index is 12.0. The van der Waals surface area contributed by atoms with Crippen LogP contribution in [0.25, 0.3) is 0 Å². The minimum atomic E-state index is -0.494. The molecule has 0 spiro atoms. The van der Waals surface area contributed by atoms with Crippen molar-refractivity contribution in [2.45, 2.75) is 6.54 Å². The van der Waals surface area contributed by atoms with Crippen molar-refractivity contribution in [3.63, 3.8) is 0 Å².